The first kappa shape index (κ1) is 91.3. The molecule has 5 aliphatic carbocycles. The molecule has 3 heterocycles. The number of carbonyl (C=O) groups is 15. The maximum Gasteiger partial charge on any atom is 0.242 e. The molecule has 640 valence electrons. The molecule has 3 aliphatic heterocycles. The third kappa shape index (κ3) is 25.9. The molecule has 0 radical (unpaired) electrons. The van der Waals surface area contributed by atoms with Gasteiger partial charge in [0.15, 0.2) is 0 Å². The number of amides is 15. The standard InChI is InChI=1S/C78H133N21O15/c1-39(2)31-59(77(113)91-53-25-13-18-45(53)64(82)100)95-71(107)47-20-15-27-55(47)90-65(101)41(5)87-69(105)46-19-14-26-54(46)89-66(102)42(6)88-72(108)49-33-83-37-62(49)98-75(111)57(23-8-10-29-79)93-70(106)48-21-16-28-56(48)92-78(114)60(32-40(3)4)96-74(110)51-35-85-38-63(51)99-76(112)58(24-9-11-30-80)94-73(109)50-34-84-36-61(50)97-67(103)43(7)86-68(104)44-17-12-22-52(44)81/h39-63,83-85H,8-38,79-81H2,1-7H3,(H2,82,100)(H,86,104)(H,87,105)(H,88,108)(H,89,102)(H,90,101)(H,91,113)(H,92,114)(H,93,106)(H,94,109)(H,95,107)(H,96,110)(H,97,103)(H,98,111)(H,99,112)/t41-,42-,43-,44-,45-,46-,47-,48-,49-,50-,51-,52-,53-,54-,55-,56-,57-,58-,59-,60-,61-,62-,63-/m0/s1. The molecule has 36 heteroatoms. The first-order chi connectivity index (χ1) is 54.3. The number of primary amides is 1. The van der Waals surface area contributed by atoms with Crippen LogP contribution in [-0.2, 0) is 71.9 Å². The number of carbonyl (C=O) groups excluding carboxylic acids is 15. The van der Waals surface area contributed by atoms with Gasteiger partial charge in [-0.3, -0.25) is 71.9 Å². The van der Waals surface area contributed by atoms with Crippen molar-refractivity contribution in [3.05, 3.63) is 0 Å². The average Bonchev–Trinajstić information content (AvgIpc) is 1.55. The van der Waals surface area contributed by atoms with E-state index in [1.54, 1.807) is 6.92 Å². The highest BCUT2D eigenvalue weighted by Gasteiger charge is 2.46. The van der Waals surface area contributed by atoms with Crippen LogP contribution in [0.1, 0.15) is 196 Å². The van der Waals surface area contributed by atoms with Gasteiger partial charge in [-0.15, -0.1) is 0 Å². The summed E-state index contributed by atoms with van der Waals surface area (Å²) >= 11 is 0. The van der Waals surface area contributed by atoms with Gasteiger partial charge in [0.1, 0.15) is 42.3 Å². The lowest BCUT2D eigenvalue weighted by Crippen LogP contribution is -2.58. The lowest BCUT2D eigenvalue weighted by molar-refractivity contribution is -0.135. The van der Waals surface area contributed by atoms with Crippen LogP contribution in [0.2, 0.25) is 0 Å². The number of nitrogens with two attached hydrogens (primary N) is 4. The van der Waals surface area contributed by atoms with E-state index in [0.717, 1.165) is 19.3 Å². The highest BCUT2D eigenvalue weighted by atomic mass is 16.2. The van der Waals surface area contributed by atoms with Crippen molar-refractivity contribution in [2.45, 2.75) is 287 Å². The second kappa shape index (κ2) is 44.2. The molecule has 25 N–H and O–H groups in total. The van der Waals surface area contributed by atoms with Crippen LogP contribution in [0.25, 0.3) is 0 Å². The first-order valence-corrected chi connectivity index (χ1v) is 42.2. The quantitative estimate of drug-likeness (QED) is 0.0257. The topological polar surface area (TPSA) is 565 Å². The summed E-state index contributed by atoms with van der Waals surface area (Å²) in [5.74, 6) is -12.5. The molecule has 114 heavy (non-hydrogen) atoms. The van der Waals surface area contributed by atoms with Gasteiger partial charge in [-0.2, -0.15) is 0 Å². The second-order valence-electron chi connectivity index (χ2n) is 34.1. The molecule has 0 spiro atoms. The molecule has 5 saturated carbocycles. The molecule has 15 amide bonds. The van der Waals surface area contributed by atoms with Crippen LogP contribution in [0.15, 0.2) is 0 Å². The summed E-state index contributed by atoms with van der Waals surface area (Å²) in [6, 6.07) is -11.7. The zero-order chi connectivity index (χ0) is 83.0. The van der Waals surface area contributed by atoms with E-state index in [-0.39, 0.29) is 94.1 Å². The summed E-state index contributed by atoms with van der Waals surface area (Å²) in [6.07, 6.45) is 11.7. The molecule has 23 atom stereocenters. The van der Waals surface area contributed by atoms with Crippen molar-refractivity contribution in [1.29, 1.82) is 0 Å². The van der Waals surface area contributed by atoms with E-state index in [0.29, 0.717) is 122 Å². The molecule has 0 bridgehead atoms. The maximum absolute atomic E-state index is 14.4. The van der Waals surface area contributed by atoms with E-state index in [9.17, 15) is 71.9 Å². The monoisotopic (exact) mass is 1600 g/mol. The predicted octanol–water partition coefficient (Wildman–Crippen LogP) is -4.35. The van der Waals surface area contributed by atoms with Gasteiger partial charge in [-0.25, -0.2) is 0 Å². The van der Waals surface area contributed by atoms with Crippen molar-refractivity contribution in [2.75, 3.05) is 52.4 Å². The molecule has 3 saturated heterocycles. The van der Waals surface area contributed by atoms with Crippen LogP contribution in [0.3, 0.4) is 0 Å². The lowest BCUT2D eigenvalue weighted by Gasteiger charge is -2.29. The number of hydrogen-bond acceptors (Lipinski definition) is 21. The molecule has 8 fully saturated rings. The van der Waals surface area contributed by atoms with Crippen LogP contribution >= 0.6 is 0 Å². The smallest absolute Gasteiger partial charge is 0.242 e. The summed E-state index contributed by atoms with van der Waals surface area (Å²) in [5.41, 5.74) is 23.4. The summed E-state index contributed by atoms with van der Waals surface area (Å²) in [7, 11) is 0. The van der Waals surface area contributed by atoms with E-state index in [2.05, 4.69) is 90.4 Å². The highest BCUT2D eigenvalue weighted by Crippen LogP contribution is 2.32. The maximum atomic E-state index is 14.4. The molecule has 0 aromatic heterocycles. The van der Waals surface area contributed by atoms with Crippen LogP contribution in [0.5, 0.6) is 0 Å². The summed E-state index contributed by atoms with van der Waals surface area (Å²) in [4.78, 5) is 207. The van der Waals surface area contributed by atoms with Crippen molar-refractivity contribution < 1.29 is 71.9 Å². The van der Waals surface area contributed by atoms with Crippen LogP contribution in [-0.4, -0.2) is 232 Å². The van der Waals surface area contributed by atoms with Gasteiger partial charge >= 0.3 is 0 Å². The number of rotatable bonds is 41. The van der Waals surface area contributed by atoms with Crippen molar-refractivity contribution in [3.8, 4) is 0 Å². The molecule has 36 nitrogen and oxygen atoms in total. The Hall–Kier alpha value is -8.19. The third-order valence-electron chi connectivity index (χ3n) is 24.4. The van der Waals surface area contributed by atoms with Gasteiger partial charge in [0.25, 0.3) is 0 Å². The Morgan fingerprint density at radius 2 is 0.561 bits per heavy atom. The molecule has 8 rings (SSSR count). The van der Waals surface area contributed by atoms with Crippen LogP contribution in [0.4, 0.5) is 0 Å². The van der Waals surface area contributed by atoms with Gasteiger partial charge in [0.05, 0.1) is 65.5 Å². The summed E-state index contributed by atoms with van der Waals surface area (Å²) in [6.45, 7) is 14.2. The molecule has 0 aromatic rings. The van der Waals surface area contributed by atoms with Crippen molar-refractivity contribution in [3.63, 3.8) is 0 Å². The molecular weight excluding hydrogens is 1470 g/mol. The largest absolute Gasteiger partial charge is 0.369 e. The van der Waals surface area contributed by atoms with E-state index in [1.807, 2.05) is 27.7 Å². The SMILES string of the molecule is CC(C)C[C@H](NC(=O)[C@H]1CCC[C@@H]1NC(=O)[C@H](C)NC(=O)[C@H]1CCC[C@@H]1NC(=O)[C@H](C)NC(=O)[C@H]1CNC[C@@H]1NC(=O)[C@H](CCCCN)NC(=O)[C@H]1CCC[C@@H]1NC(=O)[C@H](CC(C)C)NC(=O)[C@H]1CNC[C@@H]1NC(=O)[C@H](CCCCN)NC(=O)[C@H]1CNC[C@@H]1NC(=O)[C@H](C)NC(=O)[C@H]1CCC[C@@H]1N)C(=O)N[C@H]1CCC[C@@H]1C(N)=O. The lowest BCUT2D eigenvalue weighted by atomic mass is 9.97. The molecule has 0 unspecified atom stereocenters. The van der Waals surface area contributed by atoms with E-state index in [1.165, 1.54) is 13.8 Å². The van der Waals surface area contributed by atoms with Crippen LogP contribution < -0.4 is 113 Å². The van der Waals surface area contributed by atoms with Gasteiger partial charge in [-0.05, 0) is 161 Å². The van der Waals surface area contributed by atoms with Gasteiger partial charge in [0, 0.05) is 69.5 Å². The van der Waals surface area contributed by atoms with Crippen molar-refractivity contribution in [2.24, 2.45) is 82.1 Å². The zero-order valence-corrected chi connectivity index (χ0v) is 67.8. The third-order valence-corrected chi connectivity index (χ3v) is 24.4. The molecular formula is C78H133N21O15. The summed E-state index contributed by atoms with van der Waals surface area (Å²) < 4.78 is 0. The Morgan fingerprint density at radius 3 is 0.895 bits per heavy atom. The normalized spacial score (nSPS) is 28.9. The van der Waals surface area contributed by atoms with Gasteiger partial charge < -0.3 is 113 Å². The minimum Gasteiger partial charge on any atom is -0.369 e. The Morgan fingerprint density at radius 1 is 0.298 bits per heavy atom. The molecule has 8 aliphatic rings. The Balaban J connectivity index is 0.791. The minimum absolute atomic E-state index is 0.0482. The fourth-order valence-electron chi connectivity index (χ4n) is 17.7. The number of hydrogen-bond donors (Lipinski definition) is 21. The number of unbranched alkanes of at least 4 members (excludes halogenated alkanes) is 2. The fraction of sp³-hybridized carbons (Fsp3) is 0.808. The van der Waals surface area contributed by atoms with Gasteiger partial charge in [0.2, 0.25) is 88.6 Å². The van der Waals surface area contributed by atoms with E-state index in [4.69, 9.17) is 22.9 Å². The first-order valence-electron chi connectivity index (χ1n) is 42.2. The predicted molar refractivity (Wildman–Crippen MR) is 422 cm³/mol. The minimum atomic E-state index is -1.08. The average molecular weight is 1610 g/mol. The van der Waals surface area contributed by atoms with E-state index >= 15 is 0 Å². The number of nitrogens with one attached hydrogen (secondary N) is 17. The van der Waals surface area contributed by atoms with Crippen molar-refractivity contribution >= 4 is 88.6 Å². The van der Waals surface area contributed by atoms with Crippen molar-refractivity contribution in [1.82, 2.24) is 90.4 Å². The Bertz CT molecular complexity index is 3370. The fourth-order valence-corrected chi connectivity index (χ4v) is 17.7. The van der Waals surface area contributed by atoms with E-state index < -0.39 is 203 Å². The van der Waals surface area contributed by atoms with Crippen LogP contribution in [0, 0.1) is 59.2 Å². The zero-order valence-electron chi connectivity index (χ0n) is 67.8. The second-order valence-corrected chi connectivity index (χ2v) is 34.1. The Kier molecular flexibility index (Phi) is 35.4. The van der Waals surface area contributed by atoms with Gasteiger partial charge in [-0.1, -0.05) is 59.8 Å². The Labute approximate surface area is 669 Å². The molecule has 0 aromatic carbocycles. The highest BCUT2D eigenvalue weighted by molar-refractivity contribution is 5.96. The summed E-state index contributed by atoms with van der Waals surface area (Å²) in [5, 5.41) is 50.2.